The monoisotopic (exact) mass is 349 g/mol. The van der Waals surface area contributed by atoms with Gasteiger partial charge in [0.05, 0.1) is 19.7 Å². The smallest absolute Gasteiger partial charge is 0.307 e. The zero-order chi connectivity index (χ0) is 18.4. The van der Waals surface area contributed by atoms with Crippen molar-refractivity contribution in [2.45, 2.75) is 13.0 Å². The number of hydrogen-bond acceptors (Lipinski definition) is 4. The third kappa shape index (κ3) is 4.39. The zero-order valence-corrected chi connectivity index (χ0v) is 14.4. The Morgan fingerprint density at radius 3 is 2.58 bits per heavy atom. The average molecular weight is 349 g/mol. The van der Waals surface area contributed by atoms with Crippen LogP contribution in [-0.4, -0.2) is 23.2 Å². The molecular formula is C21H19NO4. The molecule has 1 aromatic heterocycles. The number of nitrogens with zero attached hydrogens (tertiary/aromatic N) is 1. The van der Waals surface area contributed by atoms with Crippen molar-refractivity contribution in [2.24, 2.45) is 0 Å². The molecule has 0 unspecified atom stereocenters. The molecule has 0 aliphatic carbocycles. The second-order valence-corrected chi connectivity index (χ2v) is 5.79. The second-order valence-electron chi connectivity index (χ2n) is 5.79. The molecule has 0 saturated heterocycles. The molecule has 0 spiro atoms. The molecule has 2 aromatic carbocycles. The van der Waals surface area contributed by atoms with E-state index in [0.29, 0.717) is 23.7 Å². The van der Waals surface area contributed by atoms with Crippen LogP contribution in [0.3, 0.4) is 0 Å². The van der Waals surface area contributed by atoms with E-state index in [4.69, 9.17) is 14.6 Å². The number of carbonyl (C=O) groups is 1. The maximum absolute atomic E-state index is 11.0. The van der Waals surface area contributed by atoms with E-state index >= 15 is 0 Å². The summed E-state index contributed by atoms with van der Waals surface area (Å²) in [6, 6.07) is 17.1. The van der Waals surface area contributed by atoms with Crippen LogP contribution in [0.5, 0.6) is 11.5 Å². The topological polar surface area (TPSA) is 68.7 Å². The fourth-order valence-corrected chi connectivity index (χ4v) is 2.63. The van der Waals surface area contributed by atoms with Gasteiger partial charge < -0.3 is 14.6 Å². The number of carboxylic acid groups (broad SMARTS) is 1. The summed E-state index contributed by atoms with van der Waals surface area (Å²) in [4.78, 5) is 15.2. The lowest BCUT2D eigenvalue weighted by Gasteiger charge is -2.14. The standard InChI is InChI=1S/C21H19NO4/c1-25-18-11-17(12-22-13-18)19-9-16(10-21(23)24)7-8-20(19)26-14-15-5-3-2-4-6-15/h2-9,11-13H,10,14H2,1H3,(H,23,24). The lowest BCUT2D eigenvalue weighted by molar-refractivity contribution is -0.136. The number of rotatable bonds is 7. The number of carboxylic acids is 1. The SMILES string of the molecule is COc1cncc(-c2cc(CC(=O)O)ccc2OCc2ccccc2)c1. The van der Waals surface area contributed by atoms with E-state index in [-0.39, 0.29) is 6.42 Å². The first kappa shape index (κ1) is 17.5. The predicted molar refractivity (Wildman–Crippen MR) is 98.3 cm³/mol. The quantitative estimate of drug-likeness (QED) is 0.699. The van der Waals surface area contributed by atoms with Gasteiger partial charge >= 0.3 is 5.97 Å². The Morgan fingerprint density at radius 2 is 1.85 bits per heavy atom. The summed E-state index contributed by atoms with van der Waals surface area (Å²) in [5.41, 5.74) is 3.34. The average Bonchev–Trinajstić information content (AvgIpc) is 2.67. The highest BCUT2D eigenvalue weighted by atomic mass is 16.5. The summed E-state index contributed by atoms with van der Waals surface area (Å²) in [6.07, 6.45) is 3.27. The molecule has 0 atom stereocenters. The summed E-state index contributed by atoms with van der Waals surface area (Å²) in [6.45, 7) is 0.420. The lowest BCUT2D eigenvalue weighted by Crippen LogP contribution is -2.02. The summed E-state index contributed by atoms with van der Waals surface area (Å²) >= 11 is 0. The van der Waals surface area contributed by atoms with E-state index in [2.05, 4.69) is 4.98 Å². The number of aliphatic carboxylic acids is 1. The second kappa shape index (κ2) is 8.16. The van der Waals surface area contributed by atoms with Crippen LogP contribution in [0.15, 0.2) is 67.0 Å². The molecule has 1 N–H and O–H groups in total. The molecule has 1 heterocycles. The van der Waals surface area contributed by atoms with E-state index in [1.165, 1.54) is 0 Å². The van der Waals surface area contributed by atoms with Crippen LogP contribution in [0.4, 0.5) is 0 Å². The minimum Gasteiger partial charge on any atom is -0.495 e. The van der Waals surface area contributed by atoms with E-state index in [9.17, 15) is 4.79 Å². The number of benzene rings is 2. The van der Waals surface area contributed by atoms with Crippen molar-refractivity contribution in [1.82, 2.24) is 4.98 Å². The Labute approximate surface area is 151 Å². The third-order valence-corrected chi connectivity index (χ3v) is 3.90. The molecule has 0 radical (unpaired) electrons. The molecule has 5 nitrogen and oxygen atoms in total. The first-order valence-corrected chi connectivity index (χ1v) is 8.16. The molecule has 132 valence electrons. The minimum atomic E-state index is -0.877. The van der Waals surface area contributed by atoms with Gasteiger partial charge in [0.25, 0.3) is 0 Å². The molecule has 5 heteroatoms. The first-order chi connectivity index (χ1) is 12.7. The molecule has 0 amide bonds. The Kier molecular flexibility index (Phi) is 5.49. The van der Waals surface area contributed by atoms with Crippen LogP contribution in [0.25, 0.3) is 11.1 Å². The molecular weight excluding hydrogens is 330 g/mol. The number of methoxy groups -OCH3 is 1. The highest BCUT2D eigenvalue weighted by molar-refractivity contribution is 5.75. The van der Waals surface area contributed by atoms with Crippen molar-refractivity contribution in [2.75, 3.05) is 7.11 Å². The first-order valence-electron chi connectivity index (χ1n) is 8.16. The molecule has 0 bridgehead atoms. The van der Waals surface area contributed by atoms with E-state index in [0.717, 1.165) is 16.7 Å². The molecule has 0 fully saturated rings. The van der Waals surface area contributed by atoms with Crippen LogP contribution >= 0.6 is 0 Å². The van der Waals surface area contributed by atoms with Crippen molar-refractivity contribution in [3.63, 3.8) is 0 Å². The Balaban J connectivity index is 1.95. The summed E-state index contributed by atoms with van der Waals surface area (Å²) < 4.78 is 11.2. The Bertz CT molecular complexity index is 894. The Morgan fingerprint density at radius 1 is 1.04 bits per heavy atom. The number of aromatic nitrogens is 1. The number of pyridine rings is 1. The van der Waals surface area contributed by atoms with Crippen molar-refractivity contribution in [1.29, 1.82) is 0 Å². The molecule has 0 aliphatic heterocycles. The van der Waals surface area contributed by atoms with Gasteiger partial charge in [0, 0.05) is 17.3 Å². The Hall–Kier alpha value is -3.34. The van der Waals surface area contributed by atoms with E-state index in [1.54, 1.807) is 31.6 Å². The molecule has 0 saturated carbocycles. The van der Waals surface area contributed by atoms with E-state index < -0.39 is 5.97 Å². The largest absolute Gasteiger partial charge is 0.495 e. The lowest BCUT2D eigenvalue weighted by atomic mass is 10.0. The molecule has 3 rings (SSSR count). The molecule has 3 aromatic rings. The van der Waals surface area contributed by atoms with Crippen LogP contribution in [0.2, 0.25) is 0 Å². The third-order valence-electron chi connectivity index (χ3n) is 3.90. The van der Waals surface area contributed by atoms with Gasteiger partial charge in [-0.25, -0.2) is 0 Å². The normalized spacial score (nSPS) is 10.3. The van der Waals surface area contributed by atoms with Crippen molar-refractivity contribution in [3.05, 3.63) is 78.1 Å². The molecule has 26 heavy (non-hydrogen) atoms. The number of hydrogen-bond donors (Lipinski definition) is 1. The maximum Gasteiger partial charge on any atom is 0.307 e. The van der Waals surface area contributed by atoms with Gasteiger partial charge in [-0.15, -0.1) is 0 Å². The minimum absolute atomic E-state index is 0.0522. The highest BCUT2D eigenvalue weighted by Gasteiger charge is 2.11. The van der Waals surface area contributed by atoms with Crippen molar-refractivity contribution >= 4 is 5.97 Å². The van der Waals surface area contributed by atoms with Crippen molar-refractivity contribution in [3.8, 4) is 22.6 Å². The van der Waals surface area contributed by atoms with Crippen molar-refractivity contribution < 1.29 is 19.4 Å². The fraction of sp³-hybridized carbons (Fsp3) is 0.143. The summed E-state index contributed by atoms with van der Waals surface area (Å²) in [5.74, 6) is 0.413. The van der Waals surface area contributed by atoms with Crippen LogP contribution in [-0.2, 0) is 17.8 Å². The number of ether oxygens (including phenoxy) is 2. The van der Waals surface area contributed by atoms with Crippen LogP contribution in [0, 0.1) is 0 Å². The van der Waals surface area contributed by atoms with Crippen LogP contribution < -0.4 is 9.47 Å². The van der Waals surface area contributed by atoms with E-state index in [1.807, 2.05) is 42.5 Å². The zero-order valence-electron chi connectivity index (χ0n) is 14.4. The summed E-state index contributed by atoms with van der Waals surface area (Å²) in [7, 11) is 1.58. The fourth-order valence-electron chi connectivity index (χ4n) is 2.63. The van der Waals surface area contributed by atoms with Gasteiger partial charge in [-0.3, -0.25) is 9.78 Å². The maximum atomic E-state index is 11.0. The van der Waals surface area contributed by atoms with Crippen LogP contribution in [0.1, 0.15) is 11.1 Å². The van der Waals surface area contributed by atoms with Gasteiger partial charge in [0.15, 0.2) is 0 Å². The van der Waals surface area contributed by atoms with Gasteiger partial charge in [0.1, 0.15) is 18.1 Å². The van der Waals surface area contributed by atoms with Gasteiger partial charge in [-0.2, -0.15) is 0 Å². The van der Waals surface area contributed by atoms with Gasteiger partial charge in [0.2, 0.25) is 0 Å². The molecule has 0 aliphatic rings. The highest BCUT2D eigenvalue weighted by Crippen LogP contribution is 2.33. The van der Waals surface area contributed by atoms with Gasteiger partial charge in [-0.05, 0) is 29.3 Å². The summed E-state index contributed by atoms with van der Waals surface area (Å²) in [5, 5.41) is 9.07. The van der Waals surface area contributed by atoms with Gasteiger partial charge in [-0.1, -0.05) is 36.4 Å². The predicted octanol–water partition coefficient (Wildman–Crippen LogP) is 3.96.